The quantitative estimate of drug-likeness (QED) is 0.665. The van der Waals surface area contributed by atoms with E-state index in [1.54, 1.807) is 4.90 Å². The van der Waals surface area contributed by atoms with Crippen molar-refractivity contribution in [2.45, 2.75) is 26.3 Å². The molecule has 0 rings (SSSR count). The molecular weight excluding hydrogens is 178 g/mol. The van der Waals surface area contributed by atoms with E-state index in [2.05, 4.69) is 0 Å². The summed E-state index contributed by atoms with van der Waals surface area (Å²) in [6, 6.07) is 0.269. The molecule has 0 saturated heterocycles. The number of hydrogen-bond donors (Lipinski definition) is 1. The van der Waals surface area contributed by atoms with Crippen LogP contribution in [0.5, 0.6) is 0 Å². The highest BCUT2D eigenvalue weighted by atomic mass is 16.2. The van der Waals surface area contributed by atoms with E-state index in [0.29, 0.717) is 13.1 Å². The minimum atomic E-state index is 0.166. The van der Waals surface area contributed by atoms with E-state index in [4.69, 9.17) is 5.73 Å². The van der Waals surface area contributed by atoms with Crippen LogP contribution in [0.15, 0.2) is 0 Å². The second-order valence-corrected chi connectivity index (χ2v) is 3.98. The molecule has 0 aliphatic rings. The van der Waals surface area contributed by atoms with Gasteiger partial charge in [-0.05, 0) is 40.4 Å². The van der Waals surface area contributed by atoms with Crippen LogP contribution in [0.2, 0.25) is 0 Å². The minimum Gasteiger partial charge on any atom is -0.342 e. The van der Waals surface area contributed by atoms with Gasteiger partial charge in [0.05, 0.1) is 6.54 Å². The molecule has 0 aromatic rings. The van der Waals surface area contributed by atoms with Gasteiger partial charge in [0.2, 0.25) is 5.91 Å². The first-order chi connectivity index (χ1) is 6.49. The van der Waals surface area contributed by atoms with Gasteiger partial charge in [0.25, 0.3) is 0 Å². The maximum atomic E-state index is 11.6. The number of likely N-dealkylation sites (N-methyl/N-ethyl adjacent to an activating group) is 2. The van der Waals surface area contributed by atoms with E-state index >= 15 is 0 Å². The molecule has 0 heterocycles. The first-order valence-electron chi connectivity index (χ1n) is 5.13. The van der Waals surface area contributed by atoms with Crippen LogP contribution >= 0.6 is 0 Å². The Labute approximate surface area is 87.0 Å². The maximum absolute atomic E-state index is 11.6. The van der Waals surface area contributed by atoms with E-state index in [1.807, 2.05) is 32.8 Å². The molecule has 1 amide bonds. The first kappa shape index (κ1) is 13.4. The Hall–Kier alpha value is -0.610. The number of nitrogens with zero attached hydrogens (tertiary/aromatic N) is 2. The maximum Gasteiger partial charge on any atom is 0.236 e. The summed E-state index contributed by atoms with van der Waals surface area (Å²) in [6.07, 6.45) is 0.940. The Morgan fingerprint density at radius 2 is 1.93 bits per heavy atom. The molecule has 0 aromatic carbocycles. The van der Waals surface area contributed by atoms with Crippen LogP contribution in [0.25, 0.3) is 0 Å². The van der Waals surface area contributed by atoms with E-state index in [0.717, 1.165) is 13.0 Å². The summed E-state index contributed by atoms with van der Waals surface area (Å²) in [4.78, 5) is 15.4. The monoisotopic (exact) mass is 201 g/mol. The zero-order chi connectivity index (χ0) is 11.1. The van der Waals surface area contributed by atoms with Crippen molar-refractivity contribution in [3.63, 3.8) is 0 Å². The lowest BCUT2D eigenvalue weighted by atomic mass is 10.3. The van der Waals surface area contributed by atoms with Gasteiger partial charge in [0.15, 0.2) is 0 Å². The van der Waals surface area contributed by atoms with Crippen molar-refractivity contribution in [3.8, 4) is 0 Å². The summed E-state index contributed by atoms with van der Waals surface area (Å²) >= 11 is 0. The largest absolute Gasteiger partial charge is 0.342 e. The molecule has 0 unspecified atom stereocenters. The lowest BCUT2D eigenvalue weighted by molar-refractivity contribution is -0.132. The number of nitrogens with two attached hydrogens (primary N) is 1. The molecule has 0 radical (unpaired) electrons. The molecule has 0 aromatic heterocycles. The Kier molecular flexibility index (Phi) is 6.49. The number of carbonyl (C=O) groups is 1. The smallest absolute Gasteiger partial charge is 0.236 e. The summed E-state index contributed by atoms with van der Waals surface area (Å²) in [5.74, 6) is 0.166. The van der Waals surface area contributed by atoms with Gasteiger partial charge in [-0.15, -0.1) is 0 Å². The number of carbonyl (C=O) groups excluding carboxylic acids is 1. The van der Waals surface area contributed by atoms with Gasteiger partial charge >= 0.3 is 0 Å². The van der Waals surface area contributed by atoms with Gasteiger partial charge in [-0.3, -0.25) is 9.69 Å². The third-order valence-corrected chi connectivity index (χ3v) is 2.32. The molecule has 4 heteroatoms. The fourth-order valence-corrected chi connectivity index (χ4v) is 1.07. The molecule has 14 heavy (non-hydrogen) atoms. The average molecular weight is 201 g/mol. The Morgan fingerprint density at radius 3 is 2.36 bits per heavy atom. The van der Waals surface area contributed by atoms with Crippen molar-refractivity contribution < 1.29 is 4.79 Å². The van der Waals surface area contributed by atoms with Crippen LogP contribution < -0.4 is 5.73 Å². The first-order valence-corrected chi connectivity index (χ1v) is 5.13. The fraction of sp³-hybridized carbons (Fsp3) is 0.900. The Balaban J connectivity index is 3.81. The van der Waals surface area contributed by atoms with Gasteiger partial charge in [0, 0.05) is 13.1 Å². The highest BCUT2D eigenvalue weighted by molar-refractivity contribution is 5.78. The SMILES string of the molecule is CC(C)N(C)C(=O)CN(C)CCCN. The number of hydrogen-bond acceptors (Lipinski definition) is 3. The third kappa shape index (κ3) is 5.19. The van der Waals surface area contributed by atoms with E-state index in [9.17, 15) is 4.79 Å². The normalized spacial score (nSPS) is 11.1. The van der Waals surface area contributed by atoms with Crippen LogP contribution in [-0.4, -0.2) is 55.5 Å². The molecule has 0 aliphatic heterocycles. The van der Waals surface area contributed by atoms with Gasteiger partial charge in [-0.25, -0.2) is 0 Å². The molecule has 4 nitrogen and oxygen atoms in total. The highest BCUT2D eigenvalue weighted by Crippen LogP contribution is 1.96. The molecule has 0 atom stereocenters. The fourth-order valence-electron chi connectivity index (χ4n) is 1.07. The second-order valence-electron chi connectivity index (χ2n) is 3.98. The van der Waals surface area contributed by atoms with Crippen LogP contribution in [-0.2, 0) is 4.79 Å². The molecule has 0 spiro atoms. The third-order valence-electron chi connectivity index (χ3n) is 2.32. The topological polar surface area (TPSA) is 49.6 Å². The number of rotatable bonds is 6. The summed E-state index contributed by atoms with van der Waals surface area (Å²) in [5, 5.41) is 0. The average Bonchev–Trinajstić information content (AvgIpc) is 2.13. The van der Waals surface area contributed by atoms with Crippen molar-refractivity contribution >= 4 is 5.91 Å². The predicted octanol–water partition coefficient (Wildman–Crippen LogP) is 0.134. The summed E-state index contributed by atoms with van der Waals surface area (Å²) in [7, 11) is 3.78. The van der Waals surface area contributed by atoms with Crippen molar-refractivity contribution in [1.29, 1.82) is 0 Å². The number of amides is 1. The Bertz CT molecular complexity index is 171. The van der Waals surface area contributed by atoms with Crippen molar-refractivity contribution in [2.24, 2.45) is 5.73 Å². The van der Waals surface area contributed by atoms with Gasteiger partial charge in [-0.1, -0.05) is 0 Å². The molecule has 0 bridgehead atoms. The van der Waals surface area contributed by atoms with E-state index in [1.165, 1.54) is 0 Å². The standard InChI is InChI=1S/C10H23N3O/c1-9(2)13(4)10(14)8-12(3)7-5-6-11/h9H,5-8,11H2,1-4H3. The van der Waals surface area contributed by atoms with Gasteiger partial charge < -0.3 is 10.6 Å². The molecule has 0 fully saturated rings. The van der Waals surface area contributed by atoms with Crippen LogP contribution in [0.4, 0.5) is 0 Å². The van der Waals surface area contributed by atoms with Crippen molar-refractivity contribution in [1.82, 2.24) is 9.80 Å². The zero-order valence-electron chi connectivity index (χ0n) is 9.79. The lowest BCUT2D eigenvalue weighted by Gasteiger charge is -2.24. The lowest BCUT2D eigenvalue weighted by Crippen LogP contribution is -2.40. The molecule has 2 N–H and O–H groups in total. The Morgan fingerprint density at radius 1 is 1.36 bits per heavy atom. The van der Waals surface area contributed by atoms with Crippen LogP contribution in [0.3, 0.4) is 0 Å². The summed E-state index contributed by atoms with van der Waals surface area (Å²) < 4.78 is 0. The minimum absolute atomic E-state index is 0.166. The summed E-state index contributed by atoms with van der Waals surface area (Å²) in [5.41, 5.74) is 5.39. The van der Waals surface area contributed by atoms with E-state index < -0.39 is 0 Å². The van der Waals surface area contributed by atoms with Gasteiger partial charge in [0.1, 0.15) is 0 Å². The van der Waals surface area contributed by atoms with Crippen LogP contribution in [0.1, 0.15) is 20.3 Å². The van der Waals surface area contributed by atoms with Gasteiger partial charge in [-0.2, -0.15) is 0 Å². The molecule has 0 aliphatic carbocycles. The second kappa shape index (κ2) is 6.79. The molecular formula is C10H23N3O. The van der Waals surface area contributed by atoms with Crippen LogP contribution in [0, 0.1) is 0 Å². The zero-order valence-corrected chi connectivity index (χ0v) is 9.79. The predicted molar refractivity (Wildman–Crippen MR) is 59.1 cm³/mol. The van der Waals surface area contributed by atoms with Crippen molar-refractivity contribution in [2.75, 3.05) is 33.7 Å². The molecule has 84 valence electrons. The highest BCUT2D eigenvalue weighted by Gasteiger charge is 2.13. The summed E-state index contributed by atoms with van der Waals surface area (Å²) in [6.45, 7) is 6.07. The molecule has 0 saturated carbocycles. The van der Waals surface area contributed by atoms with Crippen molar-refractivity contribution in [3.05, 3.63) is 0 Å². The van der Waals surface area contributed by atoms with E-state index in [-0.39, 0.29) is 11.9 Å².